The number of hydrogen-bond acceptors (Lipinski definition) is 4. The summed E-state index contributed by atoms with van der Waals surface area (Å²) in [5.74, 6) is 0.709. The van der Waals surface area contributed by atoms with Gasteiger partial charge in [-0.05, 0) is 54.3 Å². The Morgan fingerprint density at radius 3 is 2.07 bits per heavy atom. The largest absolute Gasteiger partial charge is 0.323 e. The van der Waals surface area contributed by atoms with Gasteiger partial charge in [0.25, 0.3) is 5.91 Å². The van der Waals surface area contributed by atoms with E-state index in [0.29, 0.717) is 22.6 Å². The number of nitrogens with zero attached hydrogens (tertiary/aromatic N) is 1. The van der Waals surface area contributed by atoms with Gasteiger partial charge < -0.3 is 16.0 Å². The number of aromatic nitrogens is 1. The first-order valence-electron chi connectivity index (χ1n) is 8.77. The van der Waals surface area contributed by atoms with Crippen LogP contribution in [-0.2, 0) is 0 Å². The maximum absolute atomic E-state index is 12.4. The standard InChI is InChI=1S/C21H20N4O2S/c1-2-28-19-13-12-18(14-22-19)23-20(26)15-8-10-17(11-9-15)25-21(27)24-16-6-4-3-5-7-16/h3-14H,2H2,1H3,(H,23,26)(H2,24,25,27). The molecule has 3 N–H and O–H groups in total. The van der Waals surface area contributed by atoms with Gasteiger partial charge in [0.05, 0.1) is 16.9 Å². The number of para-hydroxylation sites is 1. The Morgan fingerprint density at radius 1 is 0.821 bits per heavy atom. The molecule has 0 bridgehead atoms. The molecule has 28 heavy (non-hydrogen) atoms. The summed E-state index contributed by atoms with van der Waals surface area (Å²) in [6.07, 6.45) is 1.64. The van der Waals surface area contributed by atoms with Crippen molar-refractivity contribution in [2.24, 2.45) is 0 Å². The van der Waals surface area contributed by atoms with E-state index < -0.39 is 0 Å². The van der Waals surface area contributed by atoms with E-state index in [1.165, 1.54) is 0 Å². The van der Waals surface area contributed by atoms with Crippen molar-refractivity contribution in [1.29, 1.82) is 0 Å². The molecule has 0 atom stereocenters. The molecule has 0 unspecified atom stereocenters. The van der Waals surface area contributed by atoms with Crippen LogP contribution in [0.15, 0.2) is 78.0 Å². The number of carbonyl (C=O) groups is 2. The summed E-state index contributed by atoms with van der Waals surface area (Å²) in [6.45, 7) is 2.06. The summed E-state index contributed by atoms with van der Waals surface area (Å²) in [6, 6.07) is 19.2. The number of pyridine rings is 1. The van der Waals surface area contributed by atoms with Crippen molar-refractivity contribution >= 4 is 40.8 Å². The molecule has 0 saturated heterocycles. The summed E-state index contributed by atoms with van der Waals surface area (Å²) >= 11 is 1.64. The Morgan fingerprint density at radius 2 is 1.46 bits per heavy atom. The SMILES string of the molecule is CCSc1ccc(NC(=O)c2ccc(NC(=O)Nc3ccccc3)cc2)cn1. The highest BCUT2D eigenvalue weighted by Gasteiger charge is 2.08. The highest BCUT2D eigenvalue weighted by Crippen LogP contribution is 2.17. The summed E-state index contributed by atoms with van der Waals surface area (Å²) < 4.78 is 0. The summed E-state index contributed by atoms with van der Waals surface area (Å²) in [7, 11) is 0. The minimum absolute atomic E-state index is 0.238. The average molecular weight is 392 g/mol. The lowest BCUT2D eigenvalue weighted by Gasteiger charge is -2.09. The van der Waals surface area contributed by atoms with Crippen molar-refractivity contribution < 1.29 is 9.59 Å². The zero-order valence-electron chi connectivity index (χ0n) is 15.3. The van der Waals surface area contributed by atoms with E-state index in [0.717, 1.165) is 10.8 Å². The molecule has 0 aliphatic rings. The zero-order chi connectivity index (χ0) is 19.8. The van der Waals surface area contributed by atoms with Crippen molar-refractivity contribution in [3.63, 3.8) is 0 Å². The van der Waals surface area contributed by atoms with Crippen molar-refractivity contribution in [1.82, 2.24) is 4.98 Å². The second-order valence-corrected chi connectivity index (χ2v) is 7.08. The van der Waals surface area contributed by atoms with E-state index in [2.05, 4.69) is 27.9 Å². The molecular formula is C21H20N4O2S. The van der Waals surface area contributed by atoms with Gasteiger partial charge in [-0.25, -0.2) is 9.78 Å². The molecule has 1 heterocycles. The Hall–Kier alpha value is -3.32. The molecule has 3 rings (SSSR count). The molecule has 1 aromatic heterocycles. The van der Waals surface area contributed by atoms with Crippen molar-refractivity contribution in [2.75, 3.05) is 21.7 Å². The molecular weight excluding hydrogens is 372 g/mol. The van der Waals surface area contributed by atoms with Gasteiger partial charge in [-0.15, -0.1) is 11.8 Å². The Kier molecular flexibility index (Phi) is 6.64. The number of carbonyl (C=O) groups excluding carboxylic acids is 2. The van der Waals surface area contributed by atoms with Crippen LogP contribution in [-0.4, -0.2) is 22.7 Å². The quantitative estimate of drug-likeness (QED) is 0.510. The maximum atomic E-state index is 12.4. The lowest BCUT2D eigenvalue weighted by atomic mass is 10.2. The molecule has 7 heteroatoms. The lowest BCUT2D eigenvalue weighted by Crippen LogP contribution is -2.19. The van der Waals surface area contributed by atoms with E-state index in [-0.39, 0.29) is 11.9 Å². The number of amides is 3. The molecule has 3 aromatic rings. The van der Waals surface area contributed by atoms with Crippen LogP contribution in [0.2, 0.25) is 0 Å². The highest BCUT2D eigenvalue weighted by molar-refractivity contribution is 7.99. The molecule has 0 aliphatic heterocycles. The predicted octanol–water partition coefficient (Wildman–Crippen LogP) is 5.09. The molecule has 6 nitrogen and oxygen atoms in total. The van der Waals surface area contributed by atoms with Crippen LogP contribution in [0.1, 0.15) is 17.3 Å². The Labute approximate surface area is 167 Å². The molecule has 0 aliphatic carbocycles. The minimum atomic E-state index is -0.348. The van der Waals surface area contributed by atoms with Crippen LogP contribution in [0.25, 0.3) is 0 Å². The van der Waals surface area contributed by atoms with Crippen LogP contribution in [0.4, 0.5) is 21.9 Å². The third kappa shape index (κ3) is 5.59. The van der Waals surface area contributed by atoms with Gasteiger partial charge in [0, 0.05) is 16.9 Å². The number of anilines is 3. The number of benzene rings is 2. The van der Waals surface area contributed by atoms with Gasteiger partial charge in [-0.1, -0.05) is 25.1 Å². The topological polar surface area (TPSA) is 83.1 Å². The van der Waals surface area contributed by atoms with E-state index in [9.17, 15) is 9.59 Å². The second kappa shape index (κ2) is 9.57. The normalized spacial score (nSPS) is 10.2. The van der Waals surface area contributed by atoms with Crippen LogP contribution >= 0.6 is 11.8 Å². The Balaban J connectivity index is 1.55. The molecule has 142 valence electrons. The average Bonchev–Trinajstić information content (AvgIpc) is 2.71. The number of thioether (sulfide) groups is 1. The molecule has 2 aromatic carbocycles. The molecule has 0 fully saturated rings. The fourth-order valence-corrected chi connectivity index (χ4v) is 3.00. The van der Waals surface area contributed by atoms with Gasteiger partial charge in [0.15, 0.2) is 0 Å². The molecule has 0 saturated carbocycles. The van der Waals surface area contributed by atoms with Crippen LogP contribution in [0, 0.1) is 0 Å². The number of rotatable bonds is 6. The van der Waals surface area contributed by atoms with E-state index in [1.54, 1.807) is 54.4 Å². The number of hydrogen-bond donors (Lipinski definition) is 3. The van der Waals surface area contributed by atoms with Crippen molar-refractivity contribution in [3.05, 3.63) is 78.5 Å². The van der Waals surface area contributed by atoms with Crippen molar-refractivity contribution in [2.45, 2.75) is 11.9 Å². The van der Waals surface area contributed by atoms with Gasteiger partial charge in [-0.2, -0.15) is 0 Å². The summed E-state index contributed by atoms with van der Waals surface area (Å²) in [5, 5.41) is 9.20. The lowest BCUT2D eigenvalue weighted by molar-refractivity contribution is 0.102. The van der Waals surface area contributed by atoms with E-state index in [4.69, 9.17) is 0 Å². The van der Waals surface area contributed by atoms with Crippen molar-refractivity contribution in [3.8, 4) is 0 Å². The van der Waals surface area contributed by atoms with Gasteiger partial charge in [0.1, 0.15) is 0 Å². The van der Waals surface area contributed by atoms with Gasteiger partial charge in [0.2, 0.25) is 0 Å². The fraction of sp³-hybridized carbons (Fsp3) is 0.0952. The summed E-state index contributed by atoms with van der Waals surface area (Å²) in [5.41, 5.74) is 2.41. The van der Waals surface area contributed by atoms with E-state index >= 15 is 0 Å². The highest BCUT2D eigenvalue weighted by atomic mass is 32.2. The summed E-state index contributed by atoms with van der Waals surface area (Å²) in [4.78, 5) is 28.7. The van der Waals surface area contributed by atoms with Crippen LogP contribution < -0.4 is 16.0 Å². The molecule has 0 spiro atoms. The number of nitrogens with one attached hydrogen (secondary N) is 3. The first kappa shape index (κ1) is 19.4. The smallest absolute Gasteiger partial charge is 0.321 e. The molecule has 0 radical (unpaired) electrons. The van der Waals surface area contributed by atoms with Crippen LogP contribution in [0.5, 0.6) is 0 Å². The maximum Gasteiger partial charge on any atom is 0.323 e. The number of urea groups is 1. The van der Waals surface area contributed by atoms with E-state index in [1.807, 2.05) is 30.3 Å². The second-order valence-electron chi connectivity index (χ2n) is 5.79. The fourth-order valence-electron chi connectivity index (χ4n) is 2.41. The predicted molar refractivity (Wildman–Crippen MR) is 114 cm³/mol. The Bertz CT molecular complexity index is 929. The van der Waals surface area contributed by atoms with Gasteiger partial charge >= 0.3 is 6.03 Å². The molecule has 3 amide bonds. The monoisotopic (exact) mass is 392 g/mol. The third-order valence-electron chi connectivity index (χ3n) is 3.72. The first-order chi connectivity index (χ1) is 13.6. The van der Waals surface area contributed by atoms with Crippen LogP contribution in [0.3, 0.4) is 0 Å². The van der Waals surface area contributed by atoms with Gasteiger partial charge in [-0.3, -0.25) is 4.79 Å². The first-order valence-corrected chi connectivity index (χ1v) is 9.76. The minimum Gasteiger partial charge on any atom is -0.321 e. The third-order valence-corrected chi connectivity index (χ3v) is 4.55. The zero-order valence-corrected chi connectivity index (χ0v) is 16.1.